The largest absolute Gasteiger partial charge is 0.450 e. The zero-order valence-electron chi connectivity index (χ0n) is 14.6. The predicted molar refractivity (Wildman–Crippen MR) is 92.4 cm³/mol. The molecule has 2 fully saturated rings. The van der Waals surface area contributed by atoms with Crippen molar-refractivity contribution in [3.63, 3.8) is 0 Å². The van der Waals surface area contributed by atoms with Gasteiger partial charge in [0.15, 0.2) is 5.96 Å². The number of amides is 1. The molecule has 0 aromatic carbocycles. The van der Waals surface area contributed by atoms with E-state index in [1.807, 2.05) is 6.92 Å². The molecule has 0 spiro atoms. The van der Waals surface area contributed by atoms with Crippen molar-refractivity contribution in [2.45, 2.75) is 58.4 Å². The average molecular weight is 324 g/mol. The lowest BCUT2D eigenvalue weighted by molar-refractivity contribution is 0.0963. The normalized spacial score (nSPS) is 26.9. The smallest absolute Gasteiger partial charge is 0.409 e. The fourth-order valence-electron chi connectivity index (χ4n) is 3.42. The highest BCUT2D eigenvalue weighted by atomic mass is 16.6. The van der Waals surface area contributed by atoms with Crippen LogP contribution in [-0.2, 0) is 4.74 Å². The molecule has 0 unspecified atom stereocenters. The van der Waals surface area contributed by atoms with Crippen molar-refractivity contribution in [3.8, 4) is 0 Å². The van der Waals surface area contributed by atoms with E-state index >= 15 is 0 Å². The number of guanidine groups is 1. The van der Waals surface area contributed by atoms with Crippen LogP contribution >= 0.6 is 0 Å². The number of hydrogen-bond acceptors (Lipinski definition) is 3. The molecule has 3 N–H and O–H groups in total. The van der Waals surface area contributed by atoms with Gasteiger partial charge in [0.2, 0.25) is 0 Å². The minimum absolute atomic E-state index is 0.209. The molecule has 1 amide bonds. The summed E-state index contributed by atoms with van der Waals surface area (Å²) < 4.78 is 5.03. The summed E-state index contributed by atoms with van der Waals surface area (Å²) in [6.45, 7) is 6.85. The molecule has 0 radical (unpaired) electrons. The van der Waals surface area contributed by atoms with Crippen molar-refractivity contribution in [1.29, 1.82) is 0 Å². The monoisotopic (exact) mass is 324 g/mol. The van der Waals surface area contributed by atoms with Crippen LogP contribution in [0.2, 0.25) is 0 Å². The van der Waals surface area contributed by atoms with Crippen molar-refractivity contribution in [3.05, 3.63) is 0 Å². The van der Waals surface area contributed by atoms with Gasteiger partial charge in [-0.05, 0) is 44.4 Å². The topological polar surface area (TPSA) is 80.0 Å². The van der Waals surface area contributed by atoms with Crippen LogP contribution < -0.4 is 11.1 Å². The first-order chi connectivity index (χ1) is 11.1. The molecule has 0 atom stereocenters. The van der Waals surface area contributed by atoms with E-state index in [-0.39, 0.29) is 6.09 Å². The summed E-state index contributed by atoms with van der Waals surface area (Å²) in [6, 6.07) is 0.302. The van der Waals surface area contributed by atoms with E-state index < -0.39 is 0 Å². The Balaban J connectivity index is 1.67. The summed E-state index contributed by atoms with van der Waals surface area (Å²) in [5.41, 5.74) is 6.02. The van der Waals surface area contributed by atoms with E-state index in [0.29, 0.717) is 37.6 Å². The molecule has 1 aliphatic carbocycles. The quantitative estimate of drug-likeness (QED) is 0.614. The summed E-state index contributed by atoms with van der Waals surface area (Å²) in [7, 11) is 0. The van der Waals surface area contributed by atoms with Gasteiger partial charge in [-0.1, -0.05) is 19.8 Å². The molecule has 0 aromatic rings. The minimum Gasteiger partial charge on any atom is -0.450 e. The molecule has 6 heteroatoms. The second-order valence-corrected chi connectivity index (χ2v) is 6.96. The van der Waals surface area contributed by atoms with Crippen molar-refractivity contribution in [2.75, 3.05) is 26.2 Å². The van der Waals surface area contributed by atoms with Crippen LogP contribution in [0.5, 0.6) is 0 Å². The Morgan fingerprint density at radius 3 is 2.48 bits per heavy atom. The molecule has 0 bridgehead atoms. The van der Waals surface area contributed by atoms with Crippen LogP contribution in [0.25, 0.3) is 0 Å². The third-order valence-electron chi connectivity index (χ3n) is 5.03. The molecular weight excluding hydrogens is 292 g/mol. The lowest BCUT2D eigenvalue weighted by Crippen LogP contribution is -2.48. The first-order valence-electron chi connectivity index (χ1n) is 9.06. The maximum Gasteiger partial charge on any atom is 0.409 e. The highest BCUT2D eigenvalue weighted by molar-refractivity contribution is 5.78. The Kier molecular flexibility index (Phi) is 6.99. The van der Waals surface area contributed by atoms with Gasteiger partial charge in [0.1, 0.15) is 0 Å². The molecule has 1 saturated carbocycles. The van der Waals surface area contributed by atoms with Crippen LogP contribution in [0.4, 0.5) is 4.79 Å². The van der Waals surface area contributed by atoms with Crippen LogP contribution in [-0.4, -0.2) is 49.2 Å². The first kappa shape index (κ1) is 17.9. The maximum atomic E-state index is 11.7. The molecule has 2 aliphatic rings. The number of nitrogens with one attached hydrogen (secondary N) is 1. The van der Waals surface area contributed by atoms with Gasteiger partial charge in [0.25, 0.3) is 0 Å². The number of nitrogens with two attached hydrogens (primary N) is 1. The van der Waals surface area contributed by atoms with Gasteiger partial charge in [0.05, 0.1) is 6.61 Å². The molecule has 6 nitrogen and oxygen atoms in total. The fraction of sp³-hybridized carbons (Fsp3) is 0.882. The van der Waals surface area contributed by atoms with Crippen molar-refractivity contribution >= 4 is 12.1 Å². The number of ether oxygens (including phenoxy) is 1. The summed E-state index contributed by atoms with van der Waals surface area (Å²) in [5, 5.41) is 3.31. The second kappa shape index (κ2) is 8.99. The maximum absolute atomic E-state index is 11.7. The number of aliphatic imine (C=N–C) groups is 1. The number of carbonyl (C=O) groups is 1. The third kappa shape index (κ3) is 5.92. The Hall–Kier alpha value is -1.46. The van der Waals surface area contributed by atoms with E-state index in [1.165, 1.54) is 25.7 Å². The van der Waals surface area contributed by atoms with E-state index in [2.05, 4.69) is 17.2 Å². The molecule has 1 heterocycles. The standard InChI is InChI=1S/C17H32N4O2/c1-3-23-17(22)21-10-8-15(9-11-21)20-16(18)19-12-14-6-4-13(2)5-7-14/h13-15H,3-12H2,1-2H3,(H3,18,19,20). The summed E-state index contributed by atoms with van der Waals surface area (Å²) >= 11 is 0. The SMILES string of the molecule is CCOC(=O)N1CCC(NC(N)=NCC2CCC(C)CC2)CC1. The molecule has 1 saturated heterocycles. The van der Waals surface area contributed by atoms with Crippen LogP contribution in [0.3, 0.4) is 0 Å². The molecule has 0 aromatic heterocycles. The van der Waals surface area contributed by atoms with Crippen LogP contribution in [0.15, 0.2) is 4.99 Å². The number of piperidine rings is 1. The van der Waals surface area contributed by atoms with Gasteiger partial charge in [-0.15, -0.1) is 0 Å². The number of likely N-dealkylation sites (tertiary alicyclic amines) is 1. The Morgan fingerprint density at radius 2 is 1.87 bits per heavy atom. The Morgan fingerprint density at radius 1 is 1.22 bits per heavy atom. The predicted octanol–water partition coefficient (Wildman–Crippen LogP) is 2.34. The van der Waals surface area contributed by atoms with Crippen molar-refractivity contribution in [1.82, 2.24) is 10.2 Å². The van der Waals surface area contributed by atoms with Crippen molar-refractivity contribution < 1.29 is 9.53 Å². The zero-order valence-corrected chi connectivity index (χ0v) is 14.6. The average Bonchev–Trinajstić information content (AvgIpc) is 2.55. The highest BCUT2D eigenvalue weighted by Crippen LogP contribution is 2.28. The van der Waals surface area contributed by atoms with Crippen LogP contribution in [0, 0.1) is 11.8 Å². The van der Waals surface area contributed by atoms with Gasteiger partial charge in [-0.3, -0.25) is 4.99 Å². The van der Waals surface area contributed by atoms with Crippen LogP contribution in [0.1, 0.15) is 52.4 Å². The molecule has 2 rings (SSSR count). The second-order valence-electron chi connectivity index (χ2n) is 6.96. The molecule has 132 valence electrons. The van der Waals surface area contributed by atoms with E-state index in [4.69, 9.17) is 10.5 Å². The third-order valence-corrected chi connectivity index (χ3v) is 5.03. The number of hydrogen-bond donors (Lipinski definition) is 2. The lowest BCUT2D eigenvalue weighted by Gasteiger charge is -2.32. The fourth-order valence-corrected chi connectivity index (χ4v) is 3.42. The summed E-state index contributed by atoms with van der Waals surface area (Å²) in [4.78, 5) is 18.0. The van der Waals surface area contributed by atoms with Gasteiger partial charge in [-0.2, -0.15) is 0 Å². The number of carbonyl (C=O) groups excluding carboxylic acids is 1. The molecule has 23 heavy (non-hydrogen) atoms. The minimum atomic E-state index is -0.209. The Bertz CT molecular complexity index is 397. The van der Waals surface area contributed by atoms with E-state index in [1.54, 1.807) is 4.90 Å². The first-order valence-corrected chi connectivity index (χ1v) is 9.06. The van der Waals surface area contributed by atoms with E-state index in [9.17, 15) is 4.79 Å². The summed E-state index contributed by atoms with van der Waals surface area (Å²) in [6.07, 6.45) is 6.75. The molecular formula is C17H32N4O2. The van der Waals surface area contributed by atoms with Crippen molar-refractivity contribution in [2.24, 2.45) is 22.6 Å². The summed E-state index contributed by atoms with van der Waals surface area (Å²) in [5.74, 6) is 2.12. The lowest BCUT2D eigenvalue weighted by atomic mass is 9.83. The van der Waals surface area contributed by atoms with Gasteiger partial charge in [-0.25, -0.2) is 4.79 Å². The van der Waals surface area contributed by atoms with Gasteiger partial charge in [0, 0.05) is 25.7 Å². The van der Waals surface area contributed by atoms with Gasteiger partial charge < -0.3 is 20.7 Å². The highest BCUT2D eigenvalue weighted by Gasteiger charge is 2.24. The zero-order chi connectivity index (χ0) is 16.7. The number of rotatable bonds is 4. The molecule has 1 aliphatic heterocycles. The Labute approximate surface area is 139 Å². The van der Waals surface area contributed by atoms with Gasteiger partial charge >= 0.3 is 6.09 Å². The number of nitrogens with zero attached hydrogens (tertiary/aromatic N) is 2. The van der Waals surface area contributed by atoms with E-state index in [0.717, 1.165) is 25.3 Å².